The number of hydrogen-bond donors (Lipinski definition) is 2. The zero-order chi connectivity index (χ0) is 21.2. The average molecular weight is 435 g/mol. The Labute approximate surface area is 173 Å². The van der Waals surface area contributed by atoms with Crippen LogP contribution < -0.4 is 10.0 Å². The standard InChI is InChI=1S/C18H19ClN6O3S/c1-11-8-12(2)21-18(20-11)24-29(27,28)15-6-4-14(5-7-15)22-17(26)10-25-9-16(19)13(3)23-25/h4-9H,10H2,1-3H3,(H,22,26)(H,20,21,24). The molecule has 0 fully saturated rings. The largest absolute Gasteiger partial charge is 0.324 e. The lowest BCUT2D eigenvalue weighted by molar-refractivity contribution is -0.116. The summed E-state index contributed by atoms with van der Waals surface area (Å²) in [5, 5.41) is 7.27. The SMILES string of the molecule is Cc1cc(C)nc(NS(=O)(=O)c2ccc(NC(=O)Cn3cc(Cl)c(C)n3)cc2)n1. The van der Waals surface area contributed by atoms with E-state index in [1.165, 1.54) is 28.9 Å². The van der Waals surface area contributed by atoms with Gasteiger partial charge >= 0.3 is 0 Å². The highest BCUT2D eigenvalue weighted by atomic mass is 35.5. The van der Waals surface area contributed by atoms with Gasteiger partial charge in [0.2, 0.25) is 11.9 Å². The molecule has 0 aliphatic rings. The van der Waals surface area contributed by atoms with Crippen LogP contribution >= 0.6 is 11.6 Å². The van der Waals surface area contributed by atoms with Crippen LogP contribution in [0, 0.1) is 20.8 Å². The third-order valence-corrected chi connectivity index (χ3v) is 5.56. The summed E-state index contributed by atoms with van der Waals surface area (Å²) in [6, 6.07) is 7.51. The van der Waals surface area contributed by atoms with Crippen molar-refractivity contribution >= 4 is 39.2 Å². The van der Waals surface area contributed by atoms with Crippen molar-refractivity contribution in [1.29, 1.82) is 0 Å². The summed E-state index contributed by atoms with van der Waals surface area (Å²) >= 11 is 5.92. The zero-order valence-corrected chi connectivity index (χ0v) is 17.5. The minimum absolute atomic E-state index is 0.00746. The van der Waals surface area contributed by atoms with E-state index in [-0.39, 0.29) is 23.3 Å². The Kier molecular flexibility index (Phi) is 5.85. The van der Waals surface area contributed by atoms with Gasteiger partial charge in [0.15, 0.2) is 0 Å². The number of aryl methyl sites for hydroxylation is 3. The number of nitrogens with one attached hydrogen (secondary N) is 2. The lowest BCUT2D eigenvalue weighted by Crippen LogP contribution is -2.19. The van der Waals surface area contributed by atoms with Crippen molar-refractivity contribution < 1.29 is 13.2 Å². The van der Waals surface area contributed by atoms with E-state index < -0.39 is 10.0 Å². The third kappa shape index (κ3) is 5.30. The van der Waals surface area contributed by atoms with Crippen LogP contribution in [0.3, 0.4) is 0 Å². The summed E-state index contributed by atoms with van der Waals surface area (Å²) in [6.45, 7) is 5.23. The third-order valence-electron chi connectivity index (χ3n) is 3.85. The summed E-state index contributed by atoms with van der Waals surface area (Å²) < 4.78 is 28.8. The van der Waals surface area contributed by atoms with Gasteiger partial charge < -0.3 is 5.32 Å². The number of aromatic nitrogens is 4. The van der Waals surface area contributed by atoms with Gasteiger partial charge in [-0.15, -0.1) is 0 Å². The van der Waals surface area contributed by atoms with Gasteiger partial charge in [-0.1, -0.05) is 11.6 Å². The van der Waals surface area contributed by atoms with Gasteiger partial charge in [-0.2, -0.15) is 5.10 Å². The Morgan fingerprint density at radius 1 is 1.10 bits per heavy atom. The molecule has 3 aromatic rings. The Morgan fingerprint density at radius 2 is 1.72 bits per heavy atom. The van der Waals surface area contributed by atoms with Crippen LogP contribution in [-0.2, 0) is 21.4 Å². The fourth-order valence-corrected chi connectivity index (χ4v) is 3.68. The normalized spacial score (nSPS) is 11.3. The van der Waals surface area contributed by atoms with Crippen molar-refractivity contribution in [3.8, 4) is 0 Å². The van der Waals surface area contributed by atoms with E-state index in [0.29, 0.717) is 27.8 Å². The predicted molar refractivity (Wildman–Crippen MR) is 109 cm³/mol. The molecule has 0 spiro atoms. The van der Waals surface area contributed by atoms with Gasteiger partial charge in [-0.05, 0) is 51.1 Å². The first kappa shape index (κ1) is 20.7. The molecular weight excluding hydrogens is 416 g/mol. The second-order valence-corrected chi connectivity index (χ2v) is 8.50. The van der Waals surface area contributed by atoms with Crippen molar-refractivity contribution in [3.05, 3.63) is 58.6 Å². The van der Waals surface area contributed by atoms with Gasteiger partial charge in [0.25, 0.3) is 10.0 Å². The molecule has 9 nitrogen and oxygen atoms in total. The average Bonchev–Trinajstić information content (AvgIpc) is 2.91. The molecule has 29 heavy (non-hydrogen) atoms. The number of benzene rings is 1. The number of nitrogens with zero attached hydrogens (tertiary/aromatic N) is 4. The van der Waals surface area contributed by atoms with Crippen molar-refractivity contribution in [2.24, 2.45) is 0 Å². The van der Waals surface area contributed by atoms with E-state index >= 15 is 0 Å². The summed E-state index contributed by atoms with van der Waals surface area (Å²) in [7, 11) is -3.86. The Balaban J connectivity index is 1.67. The quantitative estimate of drug-likeness (QED) is 0.615. The fraction of sp³-hybridized carbons (Fsp3) is 0.222. The molecule has 1 amide bonds. The van der Waals surface area contributed by atoms with Gasteiger partial charge in [0.1, 0.15) is 6.54 Å². The summed E-state index contributed by atoms with van der Waals surface area (Å²) in [4.78, 5) is 20.3. The minimum Gasteiger partial charge on any atom is -0.324 e. The molecule has 0 unspecified atom stereocenters. The molecule has 3 rings (SSSR count). The number of halogens is 1. The Morgan fingerprint density at radius 3 is 2.28 bits per heavy atom. The number of rotatable bonds is 6. The molecule has 0 saturated heterocycles. The molecule has 0 saturated carbocycles. The van der Waals surface area contributed by atoms with Crippen LogP contribution in [0.4, 0.5) is 11.6 Å². The lowest BCUT2D eigenvalue weighted by atomic mass is 10.3. The smallest absolute Gasteiger partial charge is 0.264 e. The van der Waals surface area contributed by atoms with Crippen molar-refractivity contribution in [3.63, 3.8) is 0 Å². The summed E-state index contributed by atoms with van der Waals surface area (Å²) in [5.41, 5.74) is 2.39. The molecule has 0 radical (unpaired) electrons. The van der Waals surface area contributed by atoms with Crippen LogP contribution in [0.5, 0.6) is 0 Å². The lowest BCUT2D eigenvalue weighted by Gasteiger charge is -2.09. The fourth-order valence-electron chi connectivity index (χ4n) is 2.59. The minimum atomic E-state index is -3.86. The summed E-state index contributed by atoms with van der Waals surface area (Å²) in [5.74, 6) is -0.311. The molecule has 0 aliphatic carbocycles. The maximum atomic E-state index is 12.5. The van der Waals surface area contributed by atoms with Crippen LogP contribution in [0.2, 0.25) is 5.02 Å². The maximum absolute atomic E-state index is 12.5. The number of sulfonamides is 1. The van der Waals surface area contributed by atoms with Crippen LogP contribution in [0.1, 0.15) is 17.1 Å². The number of amides is 1. The monoisotopic (exact) mass is 434 g/mol. The molecular formula is C18H19ClN6O3S. The van der Waals surface area contributed by atoms with Crippen LogP contribution in [-0.4, -0.2) is 34.1 Å². The molecule has 0 bridgehead atoms. The number of carbonyl (C=O) groups is 1. The molecule has 1 aromatic carbocycles. The molecule has 2 aromatic heterocycles. The first-order valence-electron chi connectivity index (χ1n) is 8.57. The highest BCUT2D eigenvalue weighted by Gasteiger charge is 2.16. The zero-order valence-electron chi connectivity index (χ0n) is 16.0. The highest BCUT2D eigenvalue weighted by Crippen LogP contribution is 2.17. The first-order valence-corrected chi connectivity index (χ1v) is 10.4. The van der Waals surface area contributed by atoms with Gasteiger partial charge in [0, 0.05) is 23.3 Å². The van der Waals surface area contributed by atoms with Crippen molar-refractivity contribution in [2.45, 2.75) is 32.2 Å². The number of hydrogen-bond acceptors (Lipinski definition) is 6. The van der Waals surface area contributed by atoms with E-state index in [1.807, 2.05) is 0 Å². The topological polar surface area (TPSA) is 119 Å². The molecule has 2 heterocycles. The molecule has 152 valence electrons. The van der Waals surface area contributed by atoms with Crippen molar-refractivity contribution in [1.82, 2.24) is 19.7 Å². The molecule has 0 atom stereocenters. The van der Waals surface area contributed by atoms with Crippen LogP contribution in [0.25, 0.3) is 0 Å². The van der Waals surface area contributed by atoms with E-state index in [9.17, 15) is 13.2 Å². The van der Waals surface area contributed by atoms with Crippen molar-refractivity contribution in [2.75, 3.05) is 10.0 Å². The van der Waals surface area contributed by atoms with Gasteiger partial charge in [0.05, 0.1) is 15.6 Å². The predicted octanol–water partition coefficient (Wildman–Crippen LogP) is 2.69. The highest BCUT2D eigenvalue weighted by molar-refractivity contribution is 7.92. The van der Waals surface area contributed by atoms with E-state index in [2.05, 4.69) is 25.1 Å². The second-order valence-electron chi connectivity index (χ2n) is 6.41. The molecule has 11 heteroatoms. The van der Waals surface area contributed by atoms with Gasteiger partial charge in [-0.25, -0.2) is 23.1 Å². The first-order chi connectivity index (χ1) is 13.6. The van der Waals surface area contributed by atoms with E-state index in [0.717, 1.165) is 0 Å². The Hall–Kier alpha value is -2.98. The summed E-state index contributed by atoms with van der Waals surface area (Å²) in [6.07, 6.45) is 1.56. The van der Waals surface area contributed by atoms with Gasteiger partial charge in [-0.3, -0.25) is 9.48 Å². The molecule has 2 N–H and O–H groups in total. The van der Waals surface area contributed by atoms with Crippen LogP contribution in [0.15, 0.2) is 41.4 Å². The molecule has 0 aliphatic heterocycles. The van der Waals surface area contributed by atoms with E-state index in [1.54, 1.807) is 33.0 Å². The number of anilines is 2. The number of carbonyl (C=O) groups excluding carboxylic acids is 1. The maximum Gasteiger partial charge on any atom is 0.264 e. The second kappa shape index (κ2) is 8.18. The van der Waals surface area contributed by atoms with E-state index in [4.69, 9.17) is 11.6 Å². The Bertz CT molecular complexity index is 1120.